The van der Waals surface area contributed by atoms with Crippen LogP contribution in [0.25, 0.3) is 11.2 Å². The van der Waals surface area contributed by atoms with Gasteiger partial charge in [-0.25, -0.2) is 9.97 Å². The molecule has 2 aromatic heterocycles. The van der Waals surface area contributed by atoms with E-state index in [-0.39, 0.29) is 18.2 Å². The van der Waals surface area contributed by atoms with Crippen molar-refractivity contribution in [1.82, 2.24) is 24.8 Å². The number of carbonyl (C=O) groups is 3. The summed E-state index contributed by atoms with van der Waals surface area (Å²) < 4.78 is 2.12. The Labute approximate surface area is 156 Å². The summed E-state index contributed by atoms with van der Waals surface area (Å²) in [5.74, 6) is -0.0820. The predicted molar refractivity (Wildman–Crippen MR) is 98.1 cm³/mol. The number of amides is 3. The van der Waals surface area contributed by atoms with Crippen molar-refractivity contribution in [3.05, 3.63) is 23.1 Å². The monoisotopic (exact) mass is 369 g/mol. The van der Waals surface area contributed by atoms with Gasteiger partial charge in [-0.3, -0.25) is 19.7 Å². The lowest BCUT2D eigenvalue weighted by Crippen LogP contribution is -2.44. The van der Waals surface area contributed by atoms with Gasteiger partial charge in [0, 0.05) is 25.2 Å². The summed E-state index contributed by atoms with van der Waals surface area (Å²) in [5, 5.41) is 2.28. The minimum atomic E-state index is -0.765. The maximum absolute atomic E-state index is 13.3. The van der Waals surface area contributed by atoms with Crippen molar-refractivity contribution in [3.8, 4) is 0 Å². The number of imide groups is 1. The molecule has 4 heterocycles. The third-order valence-corrected chi connectivity index (χ3v) is 5.34. The third-order valence-electron chi connectivity index (χ3n) is 5.34. The van der Waals surface area contributed by atoms with Crippen LogP contribution < -0.4 is 5.32 Å². The van der Waals surface area contributed by atoms with Crippen LogP contribution in [0.1, 0.15) is 54.5 Å². The molecule has 0 aliphatic carbocycles. The summed E-state index contributed by atoms with van der Waals surface area (Å²) in [7, 11) is 0. The molecule has 0 aromatic carbocycles. The Bertz CT molecular complexity index is 948. The molecule has 3 amide bonds. The van der Waals surface area contributed by atoms with E-state index < -0.39 is 11.9 Å². The predicted octanol–water partition coefficient (Wildman–Crippen LogP) is 1.34. The van der Waals surface area contributed by atoms with Gasteiger partial charge in [0.15, 0.2) is 5.65 Å². The van der Waals surface area contributed by atoms with Crippen molar-refractivity contribution >= 4 is 28.9 Å². The normalized spacial score (nSPS) is 19.7. The number of hydrogen-bond acceptors (Lipinski definition) is 5. The van der Waals surface area contributed by atoms with Crippen LogP contribution in [-0.4, -0.2) is 49.7 Å². The highest BCUT2D eigenvalue weighted by Crippen LogP contribution is 2.26. The lowest BCUT2D eigenvalue weighted by atomic mass is 10.1. The molecule has 2 aromatic rings. The standard InChI is InChI=1S/C19H23N5O3/c1-3-23(13-10-15(25)22-18(13)26)19(27)12-9-11(2)20-17-16(12)21-14-7-5-4-6-8-24(14)17/h9,13H,3-8,10H2,1-2H3,(H,22,25,26)/t13-/m1/s1. The molecule has 0 spiro atoms. The third kappa shape index (κ3) is 2.98. The molecule has 8 heteroatoms. The number of fused-ring (bicyclic) bond motifs is 3. The van der Waals surface area contributed by atoms with Gasteiger partial charge < -0.3 is 9.47 Å². The van der Waals surface area contributed by atoms with Crippen molar-refractivity contribution in [2.45, 2.75) is 58.5 Å². The van der Waals surface area contributed by atoms with E-state index >= 15 is 0 Å². The molecule has 1 N–H and O–H groups in total. The number of imidazole rings is 1. The summed E-state index contributed by atoms with van der Waals surface area (Å²) in [6.07, 6.45) is 4.20. The molecule has 0 saturated carbocycles. The zero-order valence-electron chi connectivity index (χ0n) is 15.6. The molecule has 0 bridgehead atoms. The number of likely N-dealkylation sites (N-methyl/N-ethyl adjacent to an activating group) is 1. The molecule has 1 atom stereocenters. The van der Waals surface area contributed by atoms with Crippen LogP contribution in [0.5, 0.6) is 0 Å². The molecule has 2 aliphatic rings. The van der Waals surface area contributed by atoms with E-state index in [1.165, 1.54) is 4.90 Å². The van der Waals surface area contributed by atoms with Crippen molar-refractivity contribution in [3.63, 3.8) is 0 Å². The Morgan fingerprint density at radius 1 is 1.30 bits per heavy atom. The zero-order valence-corrected chi connectivity index (χ0v) is 15.6. The number of nitrogens with zero attached hydrogens (tertiary/aromatic N) is 4. The number of rotatable bonds is 3. The number of carbonyl (C=O) groups excluding carboxylic acids is 3. The maximum Gasteiger partial charge on any atom is 0.256 e. The molecule has 4 rings (SSSR count). The largest absolute Gasteiger partial charge is 0.326 e. The molecule has 8 nitrogen and oxygen atoms in total. The first-order valence-electron chi connectivity index (χ1n) is 9.51. The van der Waals surface area contributed by atoms with Gasteiger partial charge in [-0.15, -0.1) is 0 Å². The lowest BCUT2D eigenvalue weighted by molar-refractivity contribution is -0.126. The van der Waals surface area contributed by atoms with Crippen LogP contribution in [0.2, 0.25) is 0 Å². The summed E-state index contributed by atoms with van der Waals surface area (Å²) in [6, 6.07) is 0.966. The molecule has 0 unspecified atom stereocenters. The topological polar surface area (TPSA) is 97.2 Å². The molecule has 27 heavy (non-hydrogen) atoms. The lowest BCUT2D eigenvalue weighted by Gasteiger charge is -2.25. The summed E-state index contributed by atoms with van der Waals surface area (Å²) >= 11 is 0. The second-order valence-corrected chi connectivity index (χ2v) is 7.20. The van der Waals surface area contributed by atoms with E-state index in [1.807, 2.05) is 13.8 Å². The van der Waals surface area contributed by atoms with E-state index in [9.17, 15) is 14.4 Å². The summed E-state index contributed by atoms with van der Waals surface area (Å²) in [5.41, 5.74) is 2.51. The Morgan fingerprint density at radius 2 is 2.11 bits per heavy atom. The van der Waals surface area contributed by atoms with E-state index in [1.54, 1.807) is 6.07 Å². The van der Waals surface area contributed by atoms with Crippen LogP contribution in [0.3, 0.4) is 0 Å². The fraction of sp³-hybridized carbons (Fsp3) is 0.526. The van der Waals surface area contributed by atoms with Crippen molar-refractivity contribution < 1.29 is 14.4 Å². The van der Waals surface area contributed by atoms with E-state index in [4.69, 9.17) is 4.98 Å². The number of aromatic nitrogens is 3. The summed E-state index contributed by atoms with van der Waals surface area (Å²) in [4.78, 5) is 47.8. The number of pyridine rings is 1. The molecule has 0 radical (unpaired) electrons. The Balaban J connectivity index is 1.79. The Hall–Kier alpha value is -2.77. The fourth-order valence-electron chi connectivity index (χ4n) is 4.03. The first kappa shape index (κ1) is 17.6. The Morgan fingerprint density at radius 3 is 2.81 bits per heavy atom. The van der Waals surface area contributed by atoms with Crippen LogP contribution in [0.15, 0.2) is 6.07 Å². The average Bonchev–Trinajstić information content (AvgIpc) is 3.04. The molecular weight excluding hydrogens is 346 g/mol. The van der Waals surface area contributed by atoms with Gasteiger partial charge in [0.2, 0.25) is 11.8 Å². The first-order valence-corrected chi connectivity index (χ1v) is 9.51. The van der Waals surface area contributed by atoms with Crippen LogP contribution >= 0.6 is 0 Å². The highest BCUT2D eigenvalue weighted by Gasteiger charge is 2.38. The number of aryl methyl sites for hydroxylation is 3. The molecule has 2 aliphatic heterocycles. The molecule has 1 fully saturated rings. The fourth-order valence-corrected chi connectivity index (χ4v) is 4.03. The van der Waals surface area contributed by atoms with Gasteiger partial charge in [-0.1, -0.05) is 6.42 Å². The highest BCUT2D eigenvalue weighted by molar-refractivity contribution is 6.10. The highest BCUT2D eigenvalue weighted by atomic mass is 16.2. The van der Waals surface area contributed by atoms with Gasteiger partial charge in [-0.2, -0.15) is 0 Å². The Kier molecular flexibility index (Phi) is 4.41. The number of nitrogens with one attached hydrogen (secondary N) is 1. The smallest absolute Gasteiger partial charge is 0.256 e. The SMILES string of the molecule is CCN(C(=O)c1cc(C)nc2c1nc1n2CCCCC1)[C@@H]1CC(=O)NC1=O. The average molecular weight is 369 g/mol. The van der Waals surface area contributed by atoms with E-state index in [2.05, 4.69) is 14.9 Å². The van der Waals surface area contributed by atoms with Gasteiger partial charge in [0.05, 0.1) is 12.0 Å². The quantitative estimate of drug-likeness (QED) is 0.824. The minimum absolute atomic E-state index is 0.00527. The molecule has 142 valence electrons. The first-order chi connectivity index (χ1) is 13.0. The van der Waals surface area contributed by atoms with E-state index in [0.717, 1.165) is 49.4 Å². The summed E-state index contributed by atoms with van der Waals surface area (Å²) in [6.45, 7) is 4.85. The zero-order chi connectivity index (χ0) is 19.1. The van der Waals surface area contributed by atoms with E-state index in [0.29, 0.717) is 17.6 Å². The number of hydrogen-bond donors (Lipinski definition) is 1. The minimum Gasteiger partial charge on any atom is -0.326 e. The molecule has 1 saturated heterocycles. The van der Waals surface area contributed by atoms with Crippen LogP contribution in [0, 0.1) is 6.92 Å². The molecular formula is C19H23N5O3. The van der Waals surface area contributed by atoms with Crippen molar-refractivity contribution in [2.75, 3.05) is 6.54 Å². The second-order valence-electron chi connectivity index (χ2n) is 7.20. The van der Waals surface area contributed by atoms with Crippen LogP contribution in [-0.2, 0) is 22.6 Å². The van der Waals surface area contributed by atoms with Gasteiger partial charge in [0.25, 0.3) is 5.91 Å². The van der Waals surface area contributed by atoms with Crippen LogP contribution in [0.4, 0.5) is 0 Å². The van der Waals surface area contributed by atoms with Gasteiger partial charge >= 0.3 is 0 Å². The maximum atomic E-state index is 13.3. The second kappa shape index (κ2) is 6.75. The van der Waals surface area contributed by atoms with Crippen molar-refractivity contribution in [2.24, 2.45) is 0 Å². The van der Waals surface area contributed by atoms with Gasteiger partial charge in [0.1, 0.15) is 17.4 Å². The van der Waals surface area contributed by atoms with Crippen molar-refractivity contribution in [1.29, 1.82) is 0 Å². The van der Waals surface area contributed by atoms with Gasteiger partial charge in [-0.05, 0) is 32.8 Å².